The normalized spacial score (nSPS) is 19.3. The van der Waals surface area contributed by atoms with Gasteiger partial charge in [0.25, 0.3) is 0 Å². The molecule has 1 aliphatic rings. The van der Waals surface area contributed by atoms with Crippen LogP contribution in [0.5, 0.6) is 5.75 Å². The number of phenols is 1. The van der Waals surface area contributed by atoms with Crippen LogP contribution in [-0.4, -0.2) is 45.2 Å². The van der Waals surface area contributed by atoms with Gasteiger partial charge >= 0.3 is 0 Å². The van der Waals surface area contributed by atoms with Gasteiger partial charge in [0.05, 0.1) is 12.6 Å². The monoisotopic (exact) mass is 316 g/mol. The summed E-state index contributed by atoms with van der Waals surface area (Å²) in [6.45, 7) is 3.94. The minimum absolute atomic E-state index is 0.0534. The van der Waals surface area contributed by atoms with Crippen LogP contribution < -0.4 is 5.32 Å². The first-order chi connectivity index (χ1) is 11.2. The van der Waals surface area contributed by atoms with Crippen molar-refractivity contribution in [2.45, 2.75) is 32.4 Å². The Morgan fingerprint density at radius 3 is 3.09 bits per heavy atom. The number of nitrogens with one attached hydrogen (secondary N) is 1. The predicted molar refractivity (Wildman–Crippen MR) is 83.5 cm³/mol. The van der Waals surface area contributed by atoms with Gasteiger partial charge < -0.3 is 14.8 Å². The van der Waals surface area contributed by atoms with E-state index in [4.69, 9.17) is 4.42 Å². The van der Waals surface area contributed by atoms with E-state index in [2.05, 4.69) is 20.4 Å². The molecular weight excluding hydrogens is 296 g/mol. The quantitative estimate of drug-likeness (QED) is 0.889. The molecule has 2 heterocycles. The van der Waals surface area contributed by atoms with E-state index in [1.807, 2.05) is 6.92 Å². The van der Waals surface area contributed by atoms with Crippen molar-refractivity contribution in [3.05, 3.63) is 30.2 Å². The van der Waals surface area contributed by atoms with Crippen LogP contribution >= 0.6 is 0 Å². The zero-order valence-electron chi connectivity index (χ0n) is 13.0. The van der Waals surface area contributed by atoms with Crippen LogP contribution in [0.3, 0.4) is 0 Å². The minimum atomic E-state index is -0.173. The third kappa shape index (κ3) is 3.50. The highest BCUT2D eigenvalue weighted by atomic mass is 16.4. The predicted octanol–water partition coefficient (Wildman–Crippen LogP) is 1.54. The van der Waals surface area contributed by atoms with Crippen LogP contribution in [0.25, 0.3) is 11.5 Å². The molecule has 0 saturated carbocycles. The SMILES string of the molecule is CC[C@@H]1C(=O)NCCCN1Cc1nnc(-c2cccc(O)c2)o1. The van der Waals surface area contributed by atoms with Crippen LogP contribution in [0.2, 0.25) is 0 Å². The van der Waals surface area contributed by atoms with Crippen LogP contribution in [0, 0.1) is 0 Å². The largest absolute Gasteiger partial charge is 0.508 e. The molecule has 0 bridgehead atoms. The molecular formula is C16H20N4O3. The molecule has 1 aromatic carbocycles. The molecule has 0 unspecified atom stereocenters. The number of aromatic nitrogens is 2. The molecule has 7 nitrogen and oxygen atoms in total. The van der Waals surface area contributed by atoms with Gasteiger partial charge in [0, 0.05) is 18.7 Å². The van der Waals surface area contributed by atoms with E-state index < -0.39 is 0 Å². The molecule has 0 aliphatic carbocycles. The maximum Gasteiger partial charge on any atom is 0.247 e. The highest BCUT2D eigenvalue weighted by Gasteiger charge is 2.27. The van der Waals surface area contributed by atoms with E-state index >= 15 is 0 Å². The first kappa shape index (κ1) is 15.5. The molecule has 1 amide bonds. The maximum atomic E-state index is 12.1. The molecule has 7 heteroatoms. The highest BCUT2D eigenvalue weighted by molar-refractivity contribution is 5.81. The fourth-order valence-corrected chi connectivity index (χ4v) is 2.81. The van der Waals surface area contributed by atoms with Gasteiger partial charge in [-0.1, -0.05) is 13.0 Å². The van der Waals surface area contributed by atoms with Crippen molar-refractivity contribution in [1.29, 1.82) is 0 Å². The summed E-state index contributed by atoms with van der Waals surface area (Å²) in [5, 5.41) is 20.6. The van der Waals surface area contributed by atoms with Crippen molar-refractivity contribution < 1.29 is 14.3 Å². The summed E-state index contributed by atoms with van der Waals surface area (Å²) in [7, 11) is 0. The molecule has 23 heavy (non-hydrogen) atoms. The molecule has 2 N–H and O–H groups in total. The van der Waals surface area contributed by atoms with Crippen LogP contribution in [0.15, 0.2) is 28.7 Å². The van der Waals surface area contributed by atoms with E-state index in [-0.39, 0.29) is 17.7 Å². The first-order valence-corrected chi connectivity index (χ1v) is 7.81. The van der Waals surface area contributed by atoms with Gasteiger partial charge in [-0.2, -0.15) is 0 Å². The molecule has 3 rings (SSSR count). The van der Waals surface area contributed by atoms with E-state index in [0.717, 1.165) is 19.4 Å². The number of nitrogens with zero attached hydrogens (tertiary/aromatic N) is 3. The van der Waals surface area contributed by atoms with E-state index in [0.29, 0.717) is 30.4 Å². The molecule has 1 atom stereocenters. The Kier molecular flexibility index (Phi) is 4.57. The summed E-state index contributed by atoms with van der Waals surface area (Å²) < 4.78 is 5.69. The van der Waals surface area contributed by atoms with Gasteiger partial charge in [-0.05, 0) is 31.0 Å². The van der Waals surface area contributed by atoms with Gasteiger partial charge in [-0.25, -0.2) is 0 Å². The third-order valence-electron chi connectivity index (χ3n) is 3.95. The number of hydrogen-bond donors (Lipinski definition) is 2. The molecule has 122 valence electrons. The zero-order valence-corrected chi connectivity index (χ0v) is 13.0. The molecule has 0 radical (unpaired) electrons. The number of benzene rings is 1. The number of aromatic hydroxyl groups is 1. The summed E-state index contributed by atoms with van der Waals surface area (Å²) in [6.07, 6.45) is 1.63. The molecule has 1 aliphatic heterocycles. The smallest absolute Gasteiger partial charge is 0.247 e. The fourth-order valence-electron chi connectivity index (χ4n) is 2.81. The number of amides is 1. The van der Waals surface area contributed by atoms with Crippen molar-refractivity contribution in [2.75, 3.05) is 13.1 Å². The fraction of sp³-hybridized carbons (Fsp3) is 0.438. The second-order valence-electron chi connectivity index (χ2n) is 5.59. The Morgan fingerprint density at radius 1 is 1.43 bits per heavy atom. The van der Waals surface area contributed by atoms with Gasteiger partial charge in [0.15, 0.2) is 0 Å². The van der Waals surface area contributed by atoms with Crippen LogP contribution in [0.4, 0.5) is 0 Å². The summed E-state index contributed by atoms with van der Waals surface area (Å²) in [6, 6.07) is 6.51. The molecule has 1 aromatic heterocycles. The van der Waals surface area contributed by atoms with E-state index in [1.165, 1.54) is 0 Å². The van der Waals surface area contributed by atoms with Crippen LogP contribution in [0.1, 0.15) is 25.7 Å². The van der Waals surface area contributed by atoms with Crippen molar-refractivity contribution in [3.8, 4) is 17.2 Å². The Morgan fingerprint density at radius 2 is 2.30 bits per heavy atom. The lowest BCUT2D eigenvalue weighted by Gasteiger charge is -2.25. The number of hydrogen-bond acceptors (Lipinski definition) is 6. The highest BCUT2D eigenvalue weighted by Crippen LogP contribution is 2.23. The van der Waals surface area contributed by atoms with Crippen molar-refractivity contribution in [2.24, 2.45) is 0 Å². The average Bonchev–Trinajstić information content (AvgIpc) is 2.93. The lowest BCUT2D eigenvalue weighted by Crippen LogP contribution is -2.43. The number of carbonyl (C=O) groups is 1. The minimum Gasteiger partial charge on any atom is -0.508 e. The summed E-state index contributed by atoms with van der Waals surface area (Å²) in [4.78, 5) is 14.1. The zero-order chi connectivity index (χ0) is 16.2. The van der Waals surface area contributed by atoms with Gasteiger partial charge in [0.1, 0.15) is 5.75 Å². The number of carbonyl (C=O) groups excluding carboxylic acids is 1. The van der Waals surface area contributed by atoms with E-state index in [9.17, 15) is 9.90 Å². The second-order valence-corrected chi connectivity index (χ2v) is 5.59. The van der Waals surface area contributed by atoms with Crippen molar-refractivity contribution >= 4 is 5.91 Å². The molecule has 1 saturated heterocycles. The summed E-state index contributed by atoms with van der Waals surface area (Å²) in [5.74, 6) is 1.04. The van der Waals surface area contributed by atoms with Gasteiger partial charge in [-0.3, -0.25) is 9.69 Å². The number of rotatable bonds is 4. The number of phenolic OH excluding ortho intramolecular Hbond substituents is 1. The molecule has 1 fully saturated rings. The lowest BCUT2D eigenvalue weighted by molar-refractivity contribution is -0.125. The topological polar surface area (TPSA) is 91.5 Å². The van der Waals surface area contributed by atoms with Gasteiger partial charge in [-0.15, -0.1) is 10.2 Å². The lowest BCUT2D eigenvalue weighted by atomic mass is 10.2. The molecule has 2 aromatic rings. The Labute approximate surface area is 134 Å². The summed E-state index contributed by atoms with van der Waals surface area (Å²) in [5.41, 5.74) is 0.671. The standard InChI is InChI=1S/C16H20N4O3/c1-2-13-15(22)17-7-4-8-20(13)10-14-18-19-16(23-14)11-5-3-6-12(21)9-11/h3,5-6,9,13,21H,2,4,7-8,10H2,1H3,(H,17,22)/t13-/m1/s1. The molecule has 0 spiro atoms. The summed E-state index contributed by atoms with van der Waals surface area (Å²) >= 11 is 0. The Balaban J connectivity index is 1.76. The van der Waals surface area contributed by atoms with Crippen LogP contribution in [-0.2, 0) is 11.3 Å². The van der Waals surface area contributed by atoms with Crippen molar-refractivity contribution in [1.82, 2.24) is 20.4 Å². The maximum absolute atomic E-state index is 12.1. The van der Waals surface area contributed by atoms with Gasteiger partial charge in [0.2, 0.25) is 17.7 Å². The van der Waals surface area contributed by atoms with Crippen molar-refractivity contribution in [3.63, 3.8) is 0 Å². The average molecular weight is 316 g/mol. The second kappa shape index (κ2) is 6.78. The van der Waals surface area contributed by atoms with E-state index in [1.54, 1.807) is 24.3 Å². The Bertz CT molecular complexity index is 685. The Hall–Kier alpha value is -2.41. The first-order valence-electron chi connectivity index (χ1n) is 7.81. The third-order valence-corrected chi connectivity index (χ3v) is 3.95.